The van der Waals surface area contributed by atoms with Gasteiger partial charge in [-0.05, 0) is 49.2 Å². The summed E-state index contributed by atoms with van der Waals surface area (Å²) in [6.07, 6.45) is 1.55. The van der Waals surface area contributed by atoms with E-state index in [2.05, 4.69) is 12.1 Å². The number of hydrogen-bond donors (Lipinski definition) is 2. The van der Waals surface area contributed by atoms with Gasteiger partial charge in [0, 0.05) is 13.0 Å². The molecule has 0 aliphatic heterocycles. The van der Waals surface area contributed by atoms with Gasteiger partial charge in [0.05, 0.1) is 6.10 Å². The predicted molar refractivity (Wildman–Crippen MR) is 92.5 cm³/mol. The van der Waals surface area contributed by atoms with Gasteiger partial charge in [-0.15, -0.1) is 0 Å². The molecule has 3 nitrogen and oxygen atoms in total. The first-order valence-electron chi connectivity index (χ1n) is 8.22. The molecule has 0 saturated carbocycles. The van der Waals surface area contributed by atoms with Gasteiger partial charge in [-0.1, -0.05) is 48.5 Å². The standard InChI is InChI=1S/C20H25NO2/c1-21(2)14-17(22)13-20(23)18-9-5-3-7-15(18)11-12-16-8-4-6-10-19(16)20/h3-10,17,22-23H,11-14H2,1-2H3. The highest BCUT2D eigenvalue weighted by atomic mass is 16.3. The van der Waals surface area contributed by atoms with Gasteiger partial charge >= 0.3 is 0 Å². The number of aryl methyl sites for hydroxylation is 2. The zero-order chi connectivity index (χ0) is 16.4. The van der Waals surface area contributed by atoms with E-state index in [1.54, 1.807) is 0 Å². The lowest BCUT2D eigenvalue weighted by Crippen LogP contribution is -2.37. The van der Waals surface area contributed by atoms with Crippen molar-refractivity contribution in [3.8, 4) is 0 Å². The lowest BCUT2D eigenvalue weighted by Gasteiger charge is -2.33. The Morgan fingerprint density at radius 3 is 1.91 bits per heavy atom. The number of benzene rings is 2. The maximum absolute atomic E-state index is 11.7. The van der Waals surface area contributed by atoms with E-state index in [0.29, 0.717) is 13.0 Å². The van der Waals surface area contributed by atoms with Gasteiger partial charge in [0.15, 0.2) is 0 Å². The highest BCUT2D eigenvalue weighted by Gasteiger charge is 2.38. The van der Waals surface area contributed by atoms with Crippen molar-refractivity contribution in [2.75, 3.05) is 20.6 Å². The summed E-state index contributed by atoms with van der Waals surface area (Å²) >= 11 is 0. The number of likely N-dealkylation sites (N-methyl/N-ethyl adjacent to an activating group) is 1. The molecular weight excluding hydrogens is 286 g/mol. The molecule has 0 heterocycles. The second kappa shape index (κ2) is 6.44. The normalized spacial score (nSPS) is 17.3. The van der Waals surface area contributed by atoms with Crippen LogP contribution < -0.4 is 0 Å². The Labute approximate surface area is 138 Å². The Balaban J connectivity index is 2.09. The molecule has 23 heavy (non-hydrogen) atoms. The highest BCUT2D eigenvalue weighted by molar-refractivity contribution is 5.47. The van der Waals surface area contributed by atoms with Crippen LogP contribution >= 0.6 is 0 Å². The Bertz CT molecular complexity index is 633. The van der Waals surface area contributed by atoms with Crippen LogP contribution in [0, 0.1) is 0 Å². The molecule has 0 saturated heterocycles. The first-order valence-corrected chi connectivity index (χ1v) is 8.22. The molecule has 2 N–H and O–H groups in total. The average Bonchev–Trinajstić information content (AvgIpc) is 2.63. The maximum Gasteiger partial charge on any atom is 0.118 e. The Hall–Kier alpha value is -1.68. The fraction of sp³-hybridized carbons (Fsp3) is 0.400. The molecule has 1 atom stereocenters. The number of rotatable bonds is 4. The topological polar surface area (TPSA) is 43.7 Å². The fourth-order valence-corrected chi connectivity index (χ4v) is 3.74. The molecular formula is C20H25NO2. The SMILES string of the molecule is CN(C)CC(O)CC1(O)c2ccccc2CCc2ccccc21. The van der Waals surface area contributed by atoms with Crippen molar-refractivity contribution < 1.29 is 10.2 Å². The van der Waals surface area contributed by atoms with E-state index in [4.69, 9.17) is 0 Å². The van der Waals surface area contributed by atoms with E-state index in [1.807, 2.05) is 55.4 Å². The molecule has 0 radical (unpaired) electrons. The van der Waals surface area contributed by atoms with Gasteiger partial charge in [-0.2, -0.15) is 0 Å². The molecule has 3 rings (SSSR count). The van der Waals surface area contributed by atoms with E-state index < -0.39 is 11.7 Å². The molecule has 1 aliphatic rings. The van der Waals surface area contributed by atoms with Crippen LogP contribution in [0.15, 0.2) is 48.5 Å². The minimum absolute atomic E-state index is 0.305. The monoisotopic (exact) mass is 311 g/mol. The van der Waals surface area contributed by atoms with Crippen LogP contribution in [-0.2, 0) is 18.4 Å². The summed E-state index contributed by atoms with van der Waals surface area (Å²) in [5.74, 6) is 0. The molecule has 0 amide bonds. The maximum atomic E-state index is 11.7. The summed E-state index contributed by atoms with van der Waals surface area (Å²) in [4.78, 5) is 1.95. The zero-order valence-electron chi connectivity index (χ0n) is 13.9. The largest absolute Gasteiger partial charge is 0.392 e. The van der Waals surface area contributed by atoms with Crippen LogP contribution in [0.5, 0.6) is 0 Å². The summed E-state index contributed by atoms with van der Waals surface area (Å²) in [7, 11) is 3.87. The third kappa shape index (κ3) is 3.18. The highest BCUT2D eigenvalue weighted by Crippen LogP contribution is 2.40. The van der Waals surface area contributed by atoms with Gasteiger partial charge < -0.3 is 15.1 Å². The van der Waals surface area contributed by atoms with Crippen molar-refractivity contribution in [3.63, 3.8) is 0 Å². The summed E-state index contributed by atoms with van der Waals surface area (Å²) in [5.41, 5.74) is 3.07. The summed E-state index contributed by atoms with van der Waals surface area (Å²) in [6, 6.07) is 16.2. The number of fused-ring (bicyclic) bond motifs is 2. The van der Waals surface area contributed by atoms with Crippen LogP contribution in [0.25, 0.3) is 0 Å². The first-order chi connectivity index (χ1) is 11.0. The second-order valence-electron chi connectivity index (χ2n) is 6.79. The van der Waals surface area contributed by atoms with Crippen molar-refractivity contribution in [2.24, 2.45) is 0 Å². The lowest BCUT2D eigenvalue weighted by atomic mass is 9.79. The summed E-state index contributed by atoms with van der Waals surface area (Å²) in [6.45, 7) is 0.534. The van der Waals surface area contributed by atoms with Crippen LogP contribution in [0.2, 0.25) is 0 Å². The summed E-state index contributed by atoms with van der Waals surface area (Å²) < 4.78 is 0. The Morgan fingerprint density at radius 2 is 1.43 bits per heavy atom. The van der Waals surface area contributed by atoms with Gasteiger partial charge in [0.2, 0.25) is 0 Å². The van der Waals surface area contributed by atoms with E-state index in [0.717, 1.165) is 24.0 Å². The molecule has 122 valence electrons. The van der Waals surface area contributed by atoms with Crippen molar-refractivity contribution in [1.82, 2.24) is 4.90 Å². The van der Waals surface area contributed by atoms with Gasteiger partial charge in [0.1, 0.15) is 5.60 Å². The molecule has 1 aliphatic carbocycles. The zero-order valence-corrected chi connectivity index (χ0v) is 13.9. The number of aliphatic hydroxyl groups is 2. The quantitative estimate of drug-likeness (QED) is 0.911. The number of nitrogens with zero attached hydrogens (tertiary/aromatic N) is 1. The van der Waals surface area contributed by atoms with Crippen LogP contribution in [0.4, 0.5) is 0 Å². The minimum atomic E-state index is -1.14. The van der Waals surface area contributed by atoms with Crippen molar-refractivity contribution >= 4 is 0 Å². The summed E-state index contributed by atoms with van der Waals surface area (Å²) in [5, 5.41) is 22.1. The number of aliphatic hydroxyl groups excluding tert-OH is 1. The predicted octanol–water partition coefficient (Wildman–Crippen LogP) is 2.33. The molecule has 0 bridgehead atoms. The van der Waals surface area contributed by atoms with E-state index >= 15 is 0 Å². The second-order valence-corrected chi connectivity index (χ2v) is 6.79. The number of hydrogen-bond acceptors (Lipinski definition) is 3. The average molecular weight is 311 g/mol. The van der Waals surface area contributed by atoms with Gasteiger partial charge in [-0.25, -0.2) is 0 Å². The molecule has 0 aromatic heterocycles. The molecule has 2 aromatic rings. The van der Waals surface area contributed by atoms with Crippen molar-refractivity contribution in [3.05, 3.63) is 70.8 Å². The lowest BCUT2D eigenvalue weighted by molar-refractivity contribution is 0.00900. The fourth-order valence-electron chi connectivity index (χ4n) is 3.74. The Morgan fingerprint density at radius 1 is 0.957 bits per heavy atom. The molecule has 1 unspecified atom stereocenters. The first kappa shape index (κ1) is 16.2. The Kier molecular flexibility index (Phi) is 4.53. The van der Waals surface area contributed by atoms with Crippen LogP contribution in [0.3, 0.4) is 0 Å². The van der Waals surface area contributed by atoms with E-state index in [1.165, 1.54) is 11.1 Å². The molecule has 3 heteroatoms. The third-order valence-corrected chi connectivity index (χ3v) is 4.70. The van der Waals surface area contributed by atoms with Gasteiger partial charge in [-0.3, -0.25) is 0 Å². The third-order valence-electron chi connectivity index (χ3n) is 4.70. The van der Waals surface area contributed by atoms with E-state index in [-0.39, 0.29) is 0 Å². The molecule has 0 spiro atoms. The van der Waals surface area contributed by atoms with Crippen LogP contribution in [0.1, 0.15) is 28.7 Å². The van der Waals surface area contributed by atoms with Crippen molar-refractivity contribution in [1.29, 1.82) is 0 Å². The molecule has 0 fully saturated rings. The van der Waals surface area contributed by atoms with Gasteiger partial charge in [0.25, 0.3) is 0 Å². The van der Waals surface area contributed by atoms with E-state index in [9.17, 15) is 10.2 Å². The molecule has 2 aromatic carbocycles. The van der Waals surface area contributed by atoms with Crippen molar-refractivity contribution in [2.45, 2.75) is 31.0 Å². The van der Waals surface area contributed by atoms with Crippen LogP contribution in [-0.4, -0.2) is 41.9 Å². The smallest absolute Gasteiger partial charge is 0.118 e. The minimum Gasteiger partial charge on any atom is -0.392 e.